The van der Waals surface area contributed by atoms with E-state index >= 15 is 0 Å². The predicted octanol–water partition coefficient (Wildman–Crippen LogP) is 3.47. The maximum Gasteiger partial charge on any atom is 0.157 e. The summed E-state index contributed by atoms with van der Waals surface area (Å²) in [5.74, 6) is 0.927. The van der Waals surface area contributed by atoms with Crippen LogP contribution in [0.5, 0.6) is 0 Å². The van der Waals surface area contributed by atoms with Crippen molar-refractivity contribution in [2.45, 2.75) is 26.7 Å². The summed E-state index contributed by atoms with van der Waals surface area (Å²) in [6, 6.07) is 1.83. The Balaban J connectivity index is 2.81. The molecule has 0 aliphatic rings. The van der Waals surface area contributed by atoms with Gasteiger partial charge in [0.15, 0.2) is 11.0 Å². The second-order valence-electron chi connectivity index (χ2n) is 3.83. The van der Waals surface area contributed by atoms with Crippen molar-refractivity contribution < 1.29 is 0 Å². The van der Waals surface area contributed by atoms with Gasteiger partial charge < -0.3 is 0 Å². The molecule has 80 valence electrons. The number of nitrogens with zero attached hydrogens (tertiary/aromatic N) is 3. The lowest BCUT2D eigenvalue weighted by atomic mass is 10.2. The molecule has 0 atom stereocenters. The van der Waals surface area contributed by atoms with Gasteiger partial charge in [-0.15, -0.1) is 0 Å². The molecule has 2 aromatic rings. The first-order chi connectivity index (χ1) is 7.00. The number of aromatic nitrogens is 3. The Morgan fingerprint density at radius 2 is 2.00 bits per heavy atom. The van der Waals surface area contributed by atoms with Crippen LogP contribution >= 0.6 is 23.2 Å². The maximum atomic E-state index is 6.09. The van der Waals surface area contributed by atoms with Gasteiger partial charge in [-0.25, -0.2) is 9.50 Å². The quantitative estimate of drug-likeness (QED) is 0.768. The Labute approximate surface area is 98.0 Å². The molecule has 0 bridgehead atoms. The van der Waals surface area contributed by atoms with E-state index in [0.29, 0.717) is 16.1 Å². The highest BCUT2D eigenvalue weighted by atomic mass is 35.5. The molecule has 0 unspecified atom stereocenters. The van der Waals surface area contributed by atoms with Crippen LogP contribution in [0.4, 0.5) is 0 Å². The van der Waals surface area contributed by atoms with Crippen molar-refractivity contribution in [1.82, 2.24) is 14.6 Å². The van der Waals surface area contributed by atoms with Crippen LogP contribution in [-0.4, -0.2) is 14.6 Å². The fourth-order valence-corrected chi connectivity index (χ4v) is 2.05. The Hall–Kier alpha value is -0.800. The molecule has 0 amide bonds. The maximum absolute atomic E-state index is 6.09. The van der Waals surface area contributed by atoms with Crippen LogP contribution < -0.4 is 0 Å². The van der Waals surface area contributed by atoms with E-state index in [0.717, 1.165) is 11.1 Å². The Morgan fingerprint density at radius 3 is 2.60 bits per heavy atom. The summed E-state index contributed by atoms with van der Waals surface area (Å²) < 4.78 is 1.64. The van der Waals surface area contributed by atoms with Crippen LogP contribution in [-0.2, 0) is 0 Å². The van der Waals surface area contributed by atoms with E-state index in [2.05, 4.69) is 10.1 Å². The highest BCUT2D eigenvalue weighted by molar-refractivity contribution is 6.34. The van der Waals surface area contributed by atoms with Crippen LogP contribution in [0.25, 0.3) is 5.52 Å². The van der Waals surface area contributed by atoms with Crippen molar-refractivity contribution >= 4 is 28.7 Å². The Bertz CT molecular complexity index is 517. The molecule has 0 spiro atoms. The van der Waals surface area contributed by atoms with E-state index in [1.54, 1.807) is 4.52 Å². The minimum absolute atomic E-state index is 0.227. The third-order valence-electron chi connectivity index (χ3n) is 2.25. The average Bonchev–Trinajstić information content (AvgIpc) is 2.42. The van der Waals surface area contributed by atoms with Gasteiger partial charge in [0.25, 0.3) is 0 Å². The standard InChI is InChI=1S/C10H11Cl2N3/c1-5(2)10-13-9(12)8-6(3)4-7(11)15(8)14-10/h4-5H,1-3H3. The lowest BCUT2D eigenvalue weighted by Gasteiger charge is -2.06. The van der Waals surface area contributed by atoms with Crippen molar-refractivity contribution in [2.75, 3.05) is 0 Å². The minimum atomic E-state index is 0.227. The smallest absolute Gasteiger partial charge is 0.157 e. The summed E-state index contributed by atoms with van der Waals surface area (Å²) in [6.07, 6.45) is 0. The number of hydrogen-bond donors (Lipinski definition) is 0. The van der Waals surface area contributed by atoms with Gasteiger partial charge in [0.1, 0.15) is 10.7 Å². The monoisotopic (exact) mass is 243 g/mol. The first-order valence-electron chi connectivity index (χ1n) is 4.72. The van der Waals surface area contributed by atoms with Gasteiger partial charge in [-0.3, -0.25) is 0 Å². The fourth-order valence-electron chi connectivity index (χ4n) is 1.45. The van der Waals surface area contributed by atoms with Gasteiger partial charge in [0, 0.05) is 5.92 Å². The molecule has 0 N–H and O–H groups in total. The highest BCUT2D eigenvalue weighted by Gasteiger charge is 2.13. The number of fused-ring (bicyclic) bond motifs is 1. The third-order valence-corrected chi connectivity index (χ3v) is 2.78. The lowest BCUT2D eigenvalue weighted by molar-refractivity contribution is 0.720. The van der Waals surface area contributed by atoms with E-state index in [4.69, 9.17) is 23.2 Å². The van der Waals surface area contributed by atoms with Crippen LogP contribution in [0, 0.1) is 6.92 Å². The van der Waals surface area contributed by atoms with Crippen molar-refractivity contribution in [1.29, 1.82) is 0 Å². The largest absolute Gasteiger partial charge is 0.217 e. The van der Waals surface area contributed by atoms with E-state index in [9.17, 15) is 0 Å². The van der Waals surface area contributed by atoms with Gasteiger partial charge in [-0.2, -0.15) is 5.10 Å². The predicted molar refractivity (Wildman–Crippen MR) is 61.8 cm³/mol. The summed E-state index contributed by atoms with van der Waals surface area (Å²) in [4.78, 5) is 4.25. The van der Waals surface area contributed by atoms with Gasteiger partial charge >= 0.3 is 0 Å². The molecule has 5 heteroatoms. The highest BCUT2D eigenvalue weighted by Crippen LogP contribution is 2.25. The summed E-state index contributed by atoms with van der Waals surface area (Å²) in [7, 11) is 0. The lowest BCUT2D eigenvalue weighted by Crippen LogP contribution is -2.04. The SMILES string of the molecule is Cc1cc(Cl)n2nc(C(C)C)nc(Cl)c12. The number of halogens is 2. The molecule has 0 aliphatic carbocycles. The molecule has 0 aliphatic heterocycles. The Morgan fingerprint density at radius 1 is 1.33 bits per heavy atom. The normalized spacial score (nSPS) is 11.6. The topological polar surface area (TPSA) is 30.2 Å². The summed E-state index contributed by atoms with van der Waals surface area (Å²) >= 11 is 12.1. The van der Waals surface area contributed by atoms with Crippen molar-refractivity contribution in [3.05, 3.63) is 27.8 Å². The molecule has 2 heterocycles. The van der Waals surface area contributed by atoms with Crippen LogP contribution in [0.2, 0.25) is 10.3 Å². The average molecular weight is 244 g/mol. The van der Waals surface area contributed by atoms with E-state index < -0.39 is 0 Å². The number of rotatable bonds is 1. The molecule has 2 aromatic heterocycles. The van der Waals surface area contributed by atoms with Gasteiger partial charge in [-0.1, -0.05) is 37.0 Å². The molecular weight excluding hydrogens is 233 g/mol. The summed E-state index contributed by atoms with van der Waals surface area (Å²) in [5.41, 5.74) is 1.77. The van der Waals surface area contributed by atoms with Crippen LogP contribution in [0.1, 0.15) is 31.2 Å². The molecule has 15 heavy (non-hydrogen) atoms. The number of aryl methyl sites for hydroxylation is 1. The van der Waals surface area contributed by atoms with Crippen LogP contribution in [0.3, 0.4) is 0 Å². The molecule has 2 rings (SSSR count). The second-order valence-corrected chi connectivity index (χ2v) is 4.57. The van der Waals surface area contributed by atoms with Crippen LogP contribution in [0.15, 0.2) is 6.07 Å². The van der Waals surface area contributed by atoms with Gasteiger partial charge in [0.05, 0.1) is 0 Å². The first kappa shape index (κ1) is 10.7. The van der Waals surface area contributed by atoms with Crippen molar-refractivity contribution in [2.24, 2.45) is 0 Å². The first-order valence-corrected chi connectivity index (χ1v) is 5.47. The molecule has 0 radical (unpaired) electrons. The minimum Gasteiger partial charge on any atom is -0.217 e. The van der Waals surface area contributed by atoms with Crippen molar-refractivity contribution in [3.63, 3.8) is 0 Å². The molecule has 0 fully saturated rings. The summed E-state index contributed by atoms with van der Waals surface area (Å²) in [5, 5.41) is 5.37. The third kappa shape index (κ3) is 1.70. The second kappa shape index (κ2) is 3.65. The zero-order valence-corrected chi connectivity index (χ0v) is 10.3. The van der Waals surface area contributed by atoms with E-state index in [-0.39, 0.29) is 5.92 Å². The van der Waals surface area contributed by atoms with Gasteiger partial charge in [0.2, 0.25) is 0 Å². The molecule has 0 aromatic carbocycles. The van der Waals surface area contributed by atoms with E-state index in [1.807, 2.05) is 26.8 Å². The Kier molecular flexibility index (Phi) is 2.61. The fraction of sp³-hybridized carbons (Fsp3) is 0.400. The zero-order chi connectivity index (χ0) is 11.2. The van der Waals surface area contributed by atoms with Crippen molar-refractivity contribution in [3.8, 4) is 0 Å². The molecule has 0 saturated heterocycles. The number of hydrogen-bond acceptors (Lipinski definition) is 2. The molecule has 3 nitrogen and oxygen atoms in total. The summed E-state index contributed by atoms with van der Waals surface area (Å²) in [6.45, 7) is 5.97. The zero-order valence-electron chi connectivity index (χ0n) is 8.75. The molecule has 0 saturated carbocycles. The molecular formula is C10H11Cl2N3. The van der Waals surface area contributed by atoms with E-state index in [1.165, 1.54) is 0 Å². The van der Waals surface area contributed by atoms with Gasteiger partial charge in [-0.05, 0) is 18.6 Å².